The zero-order chi connectivity index (χ0) is 16.0. The molecule has 3 aromatic rings. The van der Waals surface area contributed by atoms with Gasteiger partial charge in [-0.05, 0) is 12.8 Å². The van der Waals surface area contributed by atoms with E-state index in [-0.39, 0.29) is 0 Å². The Morgan fingerprint density at radius 3 is 2.83 bits per heavy atom. The summed E-state index contributed by atoms with van der Waals surface area (Å²) in [5.74, 6) is 2.85. The molecule has 0 spiro atoms. The quantitative estimate of drug-likeness (QED) is 0.764. The van der Waals surface area contributed by atoms with Crippen LogP contribution < -0.4 is 15.8 Å². The lowest BCUT2D eigenvalue weighted by molar-refractivity contribution is 0.475. The first-order valence-corrected chi connectivity index (χ1v) is 7.67. The minimum atomic E-state index is 0.323. The van der Waals surface area contributed by atoms with Crippen molar-refractivity contribution in [3.8, 4) is 11.5 Å². The van der Waals surface area contributed by atoms with Gasteiger partial charge in [-0.2, -0.15) is 0 Å². The number of nitrogens with two attached hydrogens (primary N) is 1. The molecule has 0 atom stereocenters. The molecule has 4 rings (SSSR count). The number of fused-ring (bicyclic) bond motifs is 1. The van der Waals surface area contributed by atoms with Crippen molar-refractivity contribution in [1.29, 1.82) is 0 Å². The molecule has 1 aliphatic carbocycles. The minimum absolute atomic E-state index is 0.323. The van der Waals surface area contributed by atoms with Crippen molar-refractivity contribution in [2.75, 3.05) is 18.1 Å². The number of ether oxygens (including phenoxy) is 1. The second-order valence-electron chi connectivity index (χ2n) is 5.46. The number of nitrogens with zero attached hydrogens (tertiary/aromatic N) is 4. The van der Waals surface area contributed by atoms with Gasteiger partial charge in [0.05, 0.1) is 30.5 Å². The van der Waals surface area contributed by atoms with E-state index in [0.29, 0.717) is 33.9 Å². The Morgan fingerprint density at radius 1 is 1.26 bits per heavy atom. The summed E-state index contributed by atoms with van der Waals surface area (Å²) in [5, 5.41) is 3.30. The summed E-state index contributed by atoms with van der Waals surface area (Å²) in [6, 6.07) is 0. The summed E-state index contributed by atoms with van der Waals surface area (Å²) in [6.07, 6.45) is 9.12. The number of nitrogen functional groups attached to an aromatic ring is 1. The van der Waals surface area contributed by atoms with Gasteiger partial charge in [0.1, 0.15) is 16.7 Å². The van der Waals surface area contributed by atoms with Gasteiger partial charge in [0.2, 0.25) is 0 Å². The largest absolute Gasteiger partial charge is 0.451 e. The number of hydrogen-bond acceptors (Lipinski definition) is 6. The first-order chi connectivity index (χ1) is 11.2. The fourth-order valence-electron chi connectivity index (χ4n) is 2.50. The minimum Gasteiger partial charge on any atom is -0.451 e. The van der Waals surface area contributed by atoms with Crippen LogP contribution in [0.5, 0.6) is 11.5 Å². The number of imidazole rings is 1. The van der Waals surface area contributed by atoms with Gasteiger partial charge < -0.3 is 15.8 Å². The Balaban J connectivity index is 1.71. The Hall–Kier alpha value is -2.54. The van der Waals surface area contributed by atoms with Crippen molar-refractivity contribution in [3.63, 3.8) is 0 Å². The van der Waals surface area contributed by atoms with Crippen LogP contribution in [0, 0.1) is 0 Å². The molecule has 3 aromatic heterocycles. The predicted octanol–water partition coefficient (Wildman–Crippen LogP) is 3.07. The molecule has 1 aliphatic rings. The highest BCUT2D eigenvalue weighted by molar-refractivity contribution is 6.35. The summed E-state index contributed by atoms with van der Waals surface area (Å²) in [6.45, 7) is 0. The Morgan fingerprint density at radius 2 is 2.09 bits per heavy atom. The second-order valence-corrected chi connectivity index (χ2v) is 5.84. The average Bonchev–Trinajstić information content (AvgIpc) is 3.30. The Labute approximate surface area is 137 Å². The molecule has 8 heteroatoms. The van der Waals surface area contributed by atoms with Crippen molar-refractivity contribution in [1.82, 2.24) is 19.4 Å². The lowest BCUT2D eigenvalue weighted by atomic mass is 10.3. The molecule has 3 N–H and O–H groups in total. The van der Waals surface area contributed by atoms with E-state index in [0.717, 1.165) is 11.5 Å². The standard InChI is InChI=1S/C15H15ClN6O/c1-18-13-12(16)10(5-20-14(13)17)23-9-4-19-11-6-21-15(8-2-3-8)22(11)7-9/h4-8,18H,2-3H2,1H3,(H2,17,20). The molecule has 0 saturated heterocycles. The van der Waals surface area contributed by atoms with Crippen LogP contribution >= 0.6 is 11.6 Å². The van der Waals surface area contributed by atoms with Crippen LogP contribution in [-0.2, 0) is 0 Å². The van der Waals surface area contributed by atoms with Gasteiger partial charge in [-0.1, -0.05) is 11.6 Å². The van der Waals surface area contributed by atoms with E-state index in [1.807, 2.05) is 10.6 Å². The summed E-state index contributed by atoms with van der Waals surface area (Å²) in [5.41, 5.74) is 7.12. The van der Waals surface area contributed by atoms with E-state index < -0.39 is 0 Å². The van der Waals surface area contributed by atoms with Crippen LogP contribution in [0.1, 0.15) is 24.6 Å². The van der Waals surface area contributed by atoms with Crippen molar-refractivity contribution in [3.05, 3.63) is 35.6 Å². The maximum atomic E-state index is 6.31. The fraction of sp³-hybridized carbons (Fsp3) is 0.267. The Kier molecular flexibility index (Phi) is 3.23. The molecule has 0 bridgehead atoms. The molecule has 118 valence electrons. The zero-order valence-corrected chi connectivity index (χ0v) is 13.2. The molecule has 0 amide bonds. The second kappa shape index (κ2) is 5.27. The van der Waals surface area contributed by atoms with E-state index in [9.17, 15) is 0 Å². The number of pyridine rings is 1. The molecular weight excluding hydrogens is 316 g/mol. The molecule has 0 unspecified atom stereocenters. The van der Waals surface area contributed by atoms with Gasteiger partial charge in [-0.3, -0.25) is 4.40 Å². The number of hydrogen-bond donors (Lipinski definition) is 2. The number of halogens is 1. The molecule has 0 aromatic carbocycles. The molecule has 23 heavy (non-hydrogen) atoms. The van der Waals surface area contributed by atoms with Gasteiger partial charge in [-0.15, -0.1) is 0 Å². The van der Waals surface area contributed by atoms with Crippen LogP contribution in [0.25, 0.3) is 5.65 Å². The lowest BCUT2D eigenvalue weighted by Crippen LogP contribution is -2.01. The number of rotatable bonds is 4. The lowest BCUT2D eigenvalue weighted by Gasteiger charge is -2.12. The first-order valence-electron chi connectivity index (χ1n) is 7.30. The first kappa shape index (κ1) is 14.1. The average molecular weight is 331 g/mol. The molecule has 1 saturated carbocycles. The normalized spacial score (nSPS) is 14.2. The van der Waals surface area contributed by atoms with Crippen molar-refractivity contribution < 1.29 is 4.74 Å². The third-order valence-electron chi connectivity index (χ3n) is 3.82. The topological polar surface area (TPSA) is 90.4 Å². The highest BCUT2D eigenvalue weighted by atomic mass is 35.5. The van der Waals surface area contributed by atoms with E-state index in [1.54, 1.807) is 19.4 Å². The van der Waals surface area contributed by atoms with Crippen LogP contribution in [0.2, 0.25) is 5.02 Å². The van der Waals surface area contributed by atoms with E-state index >= 15 is 0 Å². The van der Waals surface area contributed by atoms with Crippen molar-refractivity contribution in [2.24, 2.45) is 0 Å². The molecular formula is C15H15ClN6O. The van der Waals surface area contributed by atoms with Crippen molar-refractivity contribution in [2.45, 2.75) is 18.8 Å². The maximum Gasteiger partial charge on any atom is 0.166 e. The zero-order valence-electron chi connectivity index (χ0n) is 12.5. The van der Waals surface area contributed by atoms with Gasteiger partial charge in [0.25, 0.3) is 0 Å². The third-order valence-corrected chi connectivity index (χ3v) is 4.19. The van der Waals surface area contributed by atoms with E-state index in [4.69, 9.17) is 22.1 Å². The van der Waals surface area contributed by atoms with Gasteiger partial charge in [0.15, 0.2) is 17.1 Å². The summed E-state index contributed by atoms with van der Waals surface area (Å²) in [7, 11) is 1.73. The molecule has 0 aliphatic heterocycles. The summed E-state index contributed by atoms with van der Waals surface area (Å²) in [4.78, 5) is 12.9. The fourth-order valence-corrected chi connectivity index (χ4v) is 2.78. The third kappa shape index (κ3) is 2.43. The molecule has 3 heterocycles. The molecule has 1 fully saturated rings. The maximum absolute atomic E-state index is 6.31. The van der Waals surface area contributed by atoms with Crippen LogP contribution in [0.4, 0.5) is 11.5 Å². The number of aromatic nitrogens is 4. The highest BCUT2D eigenvalue weighted by Gasteiger charge is 2.28. The Bertz CT molecular complexity index is 889. The number of anilines is 2. The van der Waals surface area contributed by atoms with Crippen LogP contribution in [0.15, 0.2) is 24.8 Å². The van der Waals surface area contributed by atoms with Gasteiger partial charge >= 0.3 is 0 Å². The van der Waals surface area contributed by atoms with E-state index in [1.165, 1.54) is 19.0 Å². The summed E-state index contributed by atoms with van der Waals surface area (Å²) >= 11 is 6.31. The van der Waals surface area contributed by atoms with Crippen molar-refractivity contribution >= 4 is 28.8 Å². The SMILES string of the molecule is CNc1c(N)ncc(Oc2cnc3cnc(C4CC4)n3c2)c1Cl. The van der Waals surface area contributed by atoms with Crippen LogP contribution in [0.3, 0.4) is 0 Å². The summed E-state index contributed by atoms with van der Waals surface area (Å²) < 4.78 is 7.80. The smallest absolute Gasteiger partial charge is 0.166 e. The van der Waals surface area contributed by atoms with E-state index in [2.05, 4.69) is 20.3 Å². The monoisotopic (exact) mass is 330 g/mol. The number of nitrogens with one attached hydrogen (secondary N) is 1. The van der Waals surface area contributed by atoms with Gasteiger partial charge in [0, 0.05) is 13.0 Å². The van der Waals surface area contributed by atoms with Crippen LogP contribution in [-0.4, -0.2) is 26.4 Å². The predicted molar refractivity (Wildman–Crippen MR) is 88.2 cm³/mol. The molecule has 0 radical (unpaired) electrons. The van der Waals surface area contributed by atoms with Gasteiger partial charge in [-0.25, -0.2) is 15.0 Å². The molecule has 7 nitrogen and oxygen atoms in total. The highest BCUT2D eigenvalue weighted by Crippen LogP contribution is 2.40.